The van der Waals surface area contributed by atoms with Crippen molar-refractivity contribution in [3.05, 3.63) is 58.6 Å². The highest BCUT2D eigenvalue weighted by molar-refractivity contribution is 6.31. The van der Waals surface area contributed by atoms with Gasteiger partial charge in [0, 0.05) is 16.8 Å². The van der Waals surface area contributed by atoms with E-state index >= 15 is 0 Å². The quantitative estimate of drug-likeness (QED) is 0.758. The van der Waals surface area contributed by atoms with Gasteiger partial charge in [0.05, 0.1) is 6.04 Å². The Morgan fingerprint density at radius 3 is 2.86 bits per heavy atom. The average molecular weight is 318 g/mol. The van der Waals surface area contributed by atoms with Crippen LogP contribution in [-0.2, 0) is 0 Å². The second kappa shape index (κ2) is 6.57. The maximum absolute atomic E-state index is 6.02. The van der Waals surface area contributed by atoms with E-state index in [0.29, 0.717) is 6.61 Å². The molecule has 1 heterocycles. The van der Waals surface area contributed by atoms with Crippen molar-refractivity contribution in [2.75, 3.05) is 12.3 Å². The van der Waals surface area contributed by atoms with Crippen molar-refractivity contribution < 1.29 is 4.74 Å². The molecule has 2 aromatic carbocycles. The fourth-order valence-electron chi connectivity index (χ4n) is 2.63. The van der Waals surface area contributed by atoms with Crippen molar-refractivity contribution >= 4 is 17.3 Å². The molecule has 2 aromatic rings. The van der Waals surface area contributed by atoms with Crippen molar-refractivity contribution in [1.29, 1.82) is 0 Å². The Morgan fingerprint density at radius 2 is 2.09 bits per heavy atom. The maximum atomic E-state index is 6.02. The van der Waals surface area contributed by atoms with Gasteiger partial charge < -0.3 is 10.5 Å². The fraction of sp³-hybridized carbons (Fsp3) is 0.294. The predicted molar refractivity (Wildman–Crippen MR) is 90.0 cm³/mol. The SMILES string of the molecule is Cc1cc(OCC2CC(c3cccc(N)c3)NN2)ccc1Cl. The second-order valence-corrected chi connectivity index (χ2v) is 6.07. The molecule has 0 aromatic heterocycles. The van der Waals surface area contributed by atoms with Crippen molar-refractivity contribution in [1.82, 2.24) is 10.9 Å². The zero-order valence-corrected chi connectivity index (χ0v) is 13.2. The van der Waals surface area contributed by atoms with E-state index in [9.17, 15) is 0 Å². The first kappa shape index (κ1) is 15.2. The molecule has 0 spiro atoms. The number of hydrogen-bond acceptors (Lipinski definition) is 4. The number of halogens is 1. The minimum Gasteiger partial charge on any atom is -0.492 e. The van der Waals surface area contributed by atoms with Gasteiger partial charge in [-0.15, -0.1) is 0 Å². The monoisotopic (exact) mass is 317 g/mol. The van der Waals surface area contributed by atoms with Crippen LogP contribution in [0.2, 0.25) is 5.02 Å². The Labute approximate surface area is 135 Å². The maximum Gasteiger partial charge on any atom is 0.119 e. The van der Waals surface area contributed by atoms with Crippen molar-refractivity contribution in [3.8, 4) is 5.75 Å². The smallest absolute Gasteiger partial charge is 0.119 e. The molecule has 2 unspecified atom stereocenters. The van der Waals surface area contributed by atoms with Gasteiger partial charge >= 0.3 is 0 Å². The molecular weight excluding hydrogens is 298 g/mol. The summed E-state index contributed by atoms with van der Waals surface area (Å²) in [5, 5.41) is 0.759. The van der Waals surface area contributed by atoms with Crippen LogP contribution < -0.4 is 21.3 Å². The van der Waals surface area contributed by atoms with E-state index in [2.05, 4.69) is 16.9 Å². The summed E-state index contributed by atoms with van der Waals surface area (Å²) in [6.07, 6.45) is 0.954. The first-order chi connectivity index (χ1) is 10.6. The van der Waals surface area contributed by atoms with Crippen LogP contribution in [0.15, 0.2) is 42.5 Å². The summed E-state index contributed by atoms with van der Waals surface area (Å²) in [7, 11) is 0. The number of hydrogen-bond donors (Lipinski definition) is 3. The molecule has 0 bridgehead atoms. The lowest BCUT2D eigenvalue weighted by molar-refractivity contribution is 0.272. The first-order valence-electron chi connectivity index (χ1n) is 7.37. The minimum atomic E-state index is 0.252. The van der Waals surface area contributed by atoms with Crippen LogP contribution in [0.25, 0.3) is 0 Å². The standard InChI is InChI=1S/C17H20ClN3O/c1-11-7-15(5-6-16(11)18)22-10-14-9-17(21-20-14)12-3-2-4-13(19)8-12/h2-8,14,17,20-21H,9-10,19H2,1H3. The lowest BCUT2D eigenvalue weighted by Gasteiger charge is -2.12. The Morgan fingerprint density at radius 1 is 1.23 bits per heavy atom. The Kier molecular flexibility index (Phi) is 4.52. The number of ether oxygens (including phenoxy) is 1. The molecule has 0 radical (unpaired) electrons. The molecule has 0 amide bonds. The van der Waals surface area contributed by atoms with Gasteiger partial charge in [-0.2, -0.15) is 0 Å². The van der Waals surface area contributed by atoms with Crippen LogP contribution in [0, 0.1) is 6.92 Å². The molecule has 4 nitrogen and oxygen atoms in total. The van der Waals surface area contributed by atoms with Gasteiger partial charge in [-0.25, -0.2) is 5.43 Å². The Balaban J connectivity index is 1.56. The Bertz CT molecular complexity index is 662. The van der Waals surface area contributed by atoms with Gasteiger partial charge in [0.1, 0.15) is 12.4 Å². The zero-order valence-electron chi connectivity index (χ0n) is 12.5. The van der Waals surface area contributed by atoms with Gasteiger partial charge in [-0.3, -0.25) is 5.43 Å². The zero-order chi connectivity index (χ0) is 15.5. The molecule has 1 fully saturated rings. The predicted octanol–water partition coefficient (Wildman–Crippen LogP) is 3.22. The summed E-state index contributed by atoms with van der Waals surface area (Å²) in [5.41, 5.74) is 15.4. The lowest BCUT2D eigenvalue weighted by atomic mass is 10.0. The van der Waals surface area contributed by atoms with Crippen LogP contribution in [0.1, 0.15) is 23.6 Å². The summed E-state index contributed by atoms with van der Waals surface area (Å²) < 4.78 is 5.85. The van der Waals surface area contributed by atoms with Crippen molar-refractivity contribution in [3.63, 3.8) is 0 Å². The molecule has 0 saturated carbocycles. The molecule has 2 atom stereocenters. The molecule has 0 aliphatic carbocycles. The van der Waals surface area contributed by atoms with E-state index in [1.807, 2.05) is 43.3 Å². The topological polar surface area (TPSA) is 59.3 Å². The van der Waals surface area contributed by atoms with Gasteiger partial charge in [-0.1, -0.05) is 23.7 Å². The van der Waals surface area contributed by atoms with Gasteiger partial charge in [0.2, 0.25) is 0 Å². The van der Waals surface area contributed by atoms with Gasteiger partial charge in [0.25, 0.3) is 0 Å². The third-order valence-corrected chi connectivity index (χ3v) is 4.30. The first-order valence-corrected chi connectivity index (χ1v) is 7.75. The molecule has 5 heteroatoms. The van der Waals surface area contributed by atoms with E-state index in [1.165, 1.54) is 5.56 Å². The number of nitrogens with two attached hydrogens (primary N) is 1. The van der Waals surface area contributed by atoms with E-state index in [0.717, 1.165) is 28.4 Å². The number of aryl methyl sites for hydroxylation is 1. The fourth-order valence-corrected chi connectivity index (χ4v) is 2.75. The Hall–Kier alpha value is -1.75. The molecular formula is C17H20ClN3O. The van der Waals surface area contributed by atoms with E-state index in [-0.39, 0.29) is 12.1 Å². The number of hydrazine groups is 1. The molecule has 1 aliphatic rings. The number of rotatable bonds is 4. The second-order valence-electron chi connectivity index (χ2n) is 5.67. The molecule has 1 aliphatic heterocycles. The number of nitrogens with one attached hydrogen (secondary N) is 2. The van der Waals surface area contributed by atoms with Gasteiger partial charge in [-0.05, 0) is 54.8 Å². The summed E-state index contributed by atoms with van der Waals surface area (Å²) in [4.78, 5) is 0. The largest absolute Gasteiger partial charge is 0.492 e. The third kappa shape index (κ3) is 3.53. The molecule has 3 rings (SSSR count). The van der Waals surface area contributed by atoms with E-state index < -0.39 is 0 Å². The number of nitrogen functional groups attached to an aromatic ring is 1. The highest BCUT2D eigenvalue weighted by atomic mass is 35.5. The van der Waals surface area contributed by atoms with Crippen LogP contribution in [0.5, 0.6) is 5.75 Å². The summed E-state index contributed by atoms with van der Waals surface area (Å²) in [6.45, 7) is 2.58. The summed E-state index contributed by atoms with van der Waals surface area (Å²) >= 11 is 6.02. The van der Waals surface area contributed by atoms with E-state index in [1.54, 1.807) is 0 Å². The minimum absolute atomic E-state index is 0.252. The third-order valence-electron chi connectivity index (χ3n) is 3.88. The molecule has 1 saturated heterocycles. The average Bonchev–Trinajstić information content (AvgIpc) is 2.97. The highest BCUT2D eigenvalue weighted by Crippen LogP contribution is 2.25. The van der Waals surface area contributed by atoms with Crippen LogP contribution >= 0.6 is 11.6 Å². The summed E-state index contributed by atoms with van der Waals surface area (Å²) in [5.74, 6) is 0.844. The summed E-state index contributed by atoms with van der Waals surface area (Å²) in [6, 6.07) is 14.2. The molecule has 4 N–H and O–H groups in total. The van der Waals surface area contributed by atoms with E-state index in [4.69, 9.17) is 22.1 Å². The van der Waals surface area contributed by atoms with Crippen LogP contribution in [-0.4, -0.2) is 12.6 Å². The van der Waals surface area contributed by atoms with Crippen molar-refractivity contribution in [2.45, 2.75) is 25.4 Å². The highest BCUT2D eigenvalue weighted by Gasteiger charge is 2.25. The normalized spacial score (nSPS) is 21.0. The molecule has 116 valence electrons. The number of benzene rings is 2. The van der Waals surface area contributed by atoms with Crippen LogP contribution in [0.3, 0.4) is 0 Å². The van der Waals surface area contributed by atoms with Gasteiger partial charge in [0.15, 0.2) is 0 Å². The number of anilines is 1. The molecule has 22 heavy (non-hydrogen) atoms. The van der Waals surface area contributed by atoms with Crippen molar-refractivity contribution in [2.24, 2.45) is 0 Å². The lowest BCUT2D eigenvalue weighted by Crippen LogP contribution is -2.34. The van der Waals surface area contributed by atoms with Crippen LogP contribution in [0.4, 0.5) is 5.69 Å².